The van der Waals surface area contributed by atoms with Crippen molar-refractivity contribution in [2.75, 3.05) is 13.1 Å². The van der Waals surface area contributed by atoms with Gasteiger partial charge in [-0.2, -0.15) is 0 Å². The molecule has 1 saturated heterocycles. The van der Waals surface area contributed by atoms with Gasteiger partial charge < -0.3 is 9.88 Å². The van der Waals surface area contributed by atoms with Crippen molar-refractivity contribution < 1.29 is 4.79 Å². The molecule has 1 N–H and O–H groups in total. The third-order valence-electron chi connectivity index (χ3n) is 5.49. The van der Waals surface area contributed by atoms with Crippen LogP contribution < -0.4 is 0 Å². The molecule has 5 rings (SSSR count). The second-order valence-corrected chi connectivity index (χ2v) is 8.15. The summed E-state index contributed by atoms with van der Waals surface area (Å²) in [5.41, 5.74) is 3.56. The second kappa shape index (κ2) is 7.20. The van der Waals surface area contributed by atoms with E-state index in [2.05, 4.69) is 45.4 Å². The zero-order chi connectivity index (χ0) is 18.9. The molecule has 1 aliphatic heterocycles. The van der Waals surface area contributed by atoms with Gasteiger partial charge in [0.25, 0.3) is 5.91 Å². The van der Waals surface area contributed by atoms with Crippen LogP contribution in [0.1, 0.15) is 34.0 Å². The van der Waals surface area contributed by atoms with E-state index in [1.54, 1.807) is 18.6 Å². The average molecular weight is 388 g/mol. The number of aromatic amines is 1. The van der Waals surface area contributed by atoms with Gasteiger partial charge in [0, 0.05) is 48.1 Å². The highest BCUT2D eigenvalue weighted by molar-refractivity contribution is 7.16. The van der Waals surface area contributed by atoms with Crippen LogP contribution in [-0.2, 0) is 0 Å². The van der Waals surface area contributed by atoms with Gasteiger partial charge in [-0.05, 0) is 42.5 Å². The number of hydrogen-bond donors (Lipinski definition) is 1. The minimum atomic E-state index is 0.0928. The third kappa shape index (κ3) is 3.10. The highest BCUT2D eigenvalue weighted by Crippen LogP contribution is 2.34. The number of benzene rings is 1. The molecule has 0 unspecified atom stereocenters. The predicted octanol–water partition coefficient (Wildman–Crippen LogP) is 4.71. The summed E-state index contributed by atoms with van der Waals surface area (Å²) in [6, 6.07) is 12.3. The number of piperidine rings is 1. The Labute approximate surface area is 167 Å². The normalized spacial score (nSPS) is 15.2. The molecule has 28 heavy (non-hydrogen) atoms. The van der Waals surface area contributed by atoms with Crippen LogP contribution in [0.15, 0.2) is 61.2 Å². The molecule has 0 radical (unpaired) electrons. The number of aromatic nitrogens is 3. The first-order valence-electron chi connectivity index (χ1n) is 9.51. The molecule has 1 fully saturated rings. The van der Waals surface area contributed by atoms with E-state index in [1.165, 1.54) is 27.8 Å². The molecule has 0 bridgehead atoms. The standard InChI is InChI=1S/C22H20N4OS/c27-22(20-14-25-21(28-20)16-5-9-23-10-6-16)26-11-7-15(8-12-26)18-13-24-19-4-2-1-3-17(18)19/h1-6,9-10,13-15,24H,7-8,11-12H2. The molecule has 4 aromatic rings. The van der Waals surface area contributed by atoms with Crippen molar-refractivity contribution in [1.82, 2.24) is 19.9 Å². The molecule has 1 aliphatic rings. The fourth-order valence-corrected chi connectivity index (χ4v) is 4.87. The SMILES string of the molecule is O=C(c1cnc(-c2ccncc2)s1)N1CCC(c2c[nH]c3ccccc23)CC1. The first-order chi connectivity index (χ1) is 13.8. The van der Waals surface area contributed by atoms with E-state index in [1.807, 2.05) is 17.0 Å². The molecule has 5 nitrogen and oxygen atoms in total. The van der Waals surface area contributed by atoms with Crippen molar-refractivity contribution in [1.29, 1.82) is 0 Å². The Morgan fingerprint density at radius 3 is 2.71 bits per heavy atom. The van der Waals surface area contributed by atoms with E-state index in [4.69, 9.17) is 0 Å². The van der Waals surface area contributed by atoms with E-state index >= 15 is 0 Å². The topological polar surface area (TPSA) is 61.9 Å². The molecule has 0 aliphatic carbocycles. The fraction of sp³-hybridized carbons (Fsp3) is 0.227. The van der Waals surface area contributed by atoms with Crippen LogP contribution in [0.3, 0.4) is 0 Å². The highest BCUT2D eigenvalue weighted by Gasteiger charge is 2.27. The number of para-hydroxylation sites is 1. The highest BCUT2D eigenvalue weighted by atomic mass is 32.1. The first kappa shape index (κ1) is 17.1. The lowest BCUT2D eigenvalue weighted by atomic mass is 9.89. The van der Waals surface area contributed by atoms with E-state index in [9.17, 15) is 4.79 Å². The summed E-state index contributed by atoms with van der Waals surface area (Å²) in [5.74, 6) is 0.587. The van der Waals surface area contributed by atoms with Crippen molar-refractivity contribution in [2.45, 2.75) is 18.8 Å². The number of carbonyl (C=O) groups excluding carboxylic acids is 1. The molecule has 6 heteroatoms. The molecule has 0 atom stereocenters. The Balaban J connectivity index is 1.28. The third-order valence-corrected chi connectivity index (χ3v) is 6.52. The minimum Gasteiger partial charge on any atom is -0.361 e. The van der Waals surface area contributed by atoms with Crippen molar-refractivity contribution in [3.8, 4) is 10.6 Å². The van der Waals surface area contributed by atoms with Gasteiger partial charge in [-0.25, -0.2) is 4.98 Å². The van der Waals surface area contributed by atoms with Crippen LogP contribution in [-0.4, -0.2) is 38.8 Å². The minimum absolute atomic E-state index is 0.0928. The Hall–Kier alpha value is -2.99. The van der Waals surface area contributed by atoms with Gasteiger partial charge >= 0.3 is 0 Å². The van der Waals surface area contributed by atoms with Gasteiger partial charge in [0.2, 0.25) is 0 Å². The quantitative estimate of drug-likeness (QED) is 0.553. The number of nitrogens with one attached hydrogen (secondary N) is 1. The Bertz CT molecular complexity index is 1110. The van der Waals surface area contributed by atoms with E-state index in [-0.39, 0.29) is 5.91 Å². The zero-order valence-electron chi connectivity index (χ0n) is 15.3. The van der Waals surface area contributed by atoms with Crippen LogP contribution in [0, 0.1) is 0 Å². The summed E-state index contributed by atoms with van der Waals surface area (Å²) in [6.07, 6.45) is 9.31. The van der Waals surface area contributed by atoms with Crippen LogP contribution >= 0.6 is 11.3 Å². The van der Waals surface area contributed by atoms with Crippen LogP contribution in [0.25, 0.3) is 21.5 Å². The summed E-state index contributed by atoms with van der Waals surface area (Å²) < 4.78 is 0. The van der Waals surface area contributed by atoms with Gasteiger partial charge in [0.05, 0.1) is 6.20 Å². The zero-order valence-corrected chi connectivity index (χ0v) is 16.2. The summed E-state index contributed by atoms with van der Waals surface area (Å²) in [6.45, 7) is 1.57. The molecule has 1 aromatic carbocycles. The number of H-pyrrole nitrogens is 1. The molecule has 0 saturated carbocycles. The Kier molecular flexibility index (Phi) is 4.41. The predicted molar refractivity (Wildman–Crippen MR) is 112 cm³/mol. The van der Waals surface area contributed by atoms with Gasteiger partial charge in [-0.15, -0.1) is 11.3 Å². The lowest BCUT2D eigenvalue weighted by Crippen LogP contribution is -2.37. The van der Waals surface area contributed by atoms with Crippen molar-refractivity contribution >= 4 is 28.1 Å². The fourth-order valence-electron chi connectivity index (χ4n) is 3.98. The summed E-state index contributed by atoms with van der Waals surface area (Å²) >= 11 is 1.45. The van der Waals surface area contributed by atoms with Gasteiger partial charge in [-0.3, -0.25) is 9.78 Å². The number of hydrogen-bond acceptors (Lipinski definition) is 4. The number of likely N-dealkylation sites (tertiary alicyclic amines) is 1. The number of carbonyl (C=O) groups is 1. The van der Waals surface area contributed by atoms with Crippen molar-refractivity contribution in [3.63, 3.8) is 0 Å². The van der Waals surface area contributed by atoms with E-state index in [0.29, 0.717) is 10.8 Å². The molecule has 1 amide bonds. The molecular weight excluding hydrogens is 368 g/mol. The van der Waals surface area contributed by atoms with E-state index < -0.39 is 0 Å². The number of pyridine rings is 1. The van der Waals surface area contributed by atoms with Crippen LogP contribution in [0.5, 0.6) is 0 Å². The van der Waals surface area contributed by atoms with Crippen LogP contribution in [0.2, 0.25) is 0 Å². The monoisotopic (exact) mass is 388 g/mol. The van der Waals surface area contributed by atoms with Crippen molar-refractivity contribution in [2.24, 2.45) is 0 Å². The number of amides is 1. The van der Waals surface area contributed by atoms with Gasteiger partial charge in [0.15, 0.2) is 0 Å². The summed E-state index contributed by atoms with van der Waals surface area (Å²) in [4.78, 5) is 27.4. The van der Waals surface area contributed by atoms with Crippen molar-refractivity contribution in [3.05, 3.63) is 71.6 Å². The number of fused-ring (bicyclic) bond motifs is 1. The Morgan fingerprint density at radius 2 is 1.89 bits per heavy atom. The molecular formula is C22H20N4OS. The maximum absolute atomic E-state index is 12.9. The second-order valence-electron chi connectivity index (χ2n) is 7.12. The number of nitrogens with zero attached hydrogens (tertiary/aromatic N) is 3. The summed E-state index contributed by atoms with van der Waals surface area (Å²) in [5, 5.41) is 2.16. The average Bonchev–Trinajstić information content (AvgIpc) is 3.42. The maximum atomic E-state index is 12.9. The molecule has 140 valence electrons. The molecule has 0 spiro atoms. The maximum Gasteiger partial charge on any atom is 0.265 e. The lowest BCUT2D eigenvalue weighted by molar-refractivity contribution is 0.0718. The van der Waals surface area contributed by atoms with E-state index in [0.717, 1.165) is 36.5 Å². The smallest absolute Gasteiger partial charge is 0.265 e. The summed E-state index contributed by atoms with van der Waals surface area (Å²) in [7, 11) is 0. The molecule has 4 heterocycles. The molecule has 3 aromatic heterocycles. The van der Waals surface area contributed by atoms with Gasteiger partial charge in [-0.1, -0.05) is 18.2 Å². The number of rotatable bonds is 3. The number of thiazole rings is 1. The lowest BCUT2D eigenvalue weighted by Gasteiger charge is -2.31. The van der Waals surface area contributed by atoms with Gasteiger partial charge in [0.1, 0.15) is 9.88 Å². The first-order valence-corrected chi connectivity index (χ1v) is 10.3. The Morgan fingerprint density at radius 1 is 1.11 bits per heavy atom. The van der Waals surface area contributed by atoms with Crippen LogP contribution in [0.4, 0.5) is 0 Å². The largest absolute Gasteiger partial charge is 0.361 e.